The van der Waals surface area contributed by atoms with Gasteiger partial charge in [0, 0.05) is 28.2 Å². The number of imidazole rings is 1. The fourth-order valence-corrected chi connectivity index (χ4v) is 5.22. The highest BCUT2D eigenvalue weighted by molar-refractivity contribution is 6.42. The first-order valence-corrected chi connectivity index (χ1v) is 11.2. The zero-order valence-corrected chi connectivity index (χ0v) is 20.0. The Bertz CT molecular complexity index is 1110. The van der Waals surface area contributed by atoms with E-state index in [1.54, 1.807) is 12.1 Å². The van der Waals surface area contributed by atoms with Crippen LogP contribution in [-0.2, 0) is 0 Å². The van der Waals surface area contributed by atoms with Crippen LogP contribution in [0.4, 0.5) is 0 Å². The number of halogens is 2. The van der Waals surface area contributed by atoms with Crippen LogP contribution in [-0.4, -0.2) is 33.0 Å². The number of H-pyrrole nitrogens is 1. The molecule has 0 atom stereocenters. The van der Waals surface area contributed by atoms with Crippen molar-refractivity contribution in [2.75, 3.05) is 0 Å². The normalized spacial score (nSPS) is 18.3. The number of aromatic nitrogens is 2. The third kappa shape index (κ3) is 4.74. The molecule has 4 rings (SSSR count). The quantitative estimate of drug-likeness (QED) is 0.458. The monoisotopic (exact) mass is 458 g/mol. The highest BCUT2D eigenvalue weighted by Crippen LogP contribution is 2.31. The summed E-state index contributed by atoms with van der Waals surface area (Å²) in [5, 5.41) is 7.84. The minimum atomic E-state index is -0.0451. The second-order valence-electron chi connectivity index (χ2n) is 9.87. The molecule has 2 aromatic carbocycles. The van der Waals surface area contributed by atoms with Crippen LogP contribution in [0.25, 0.3) is 22.4 Å². The van der Waals surface area contributed by atoms with Crippen LogP contribution in [0.15, 0.2) is 30.3 Å². The van der Waals surface area contributed by atoms with Gasteiger partial charge in [-0.3, -0.25) is 4.79 Å². The molecule has 1 saturated heterocycles. The molecule has 1 fully saturated rings. The molecule has 1 aliphatic rings. The van der Waals surface area contributed by atoms with E-state index in [1.807, 2.05) is 25.1 Å². The average molecular weight is 459 g/mol. The van der Waals surface area contributed by atoms with Gasteiger partial charge in [0.2, 0.25) is 0 Å². The van der Waals surface area contributed by atoms with E-state index in [-0.39, 0.29) is 23.0 Å². The molecule has 3 N–H and O–H groups in total. The number of aromatic amines is 1. The molecule has 0 aliphatic carbocycles. The van der Waals surface area contributed by atoms with E-state index < -0.39 is 0 Å². The van der Waals surface area contributed by atoms with E-state index in [0.29, 0.717) is 15.6 Å². The van der Waals surface area contributed by atoms with Gasteiger partial charge in [-0.1, -0.05) is 29.3 Å². The second-order valence-corrected chi connectivity index (χ2v) is 10.7. The Morgan fingerprint density at radius 2 is 1.71 bits per heavy atom. The predicted molar refractivity (Wildman–Crippen MR) is 128 cm³/mol. The number of hydrogen-bond donors (Lipinski definition) is 3. The molecule has 31 heavy (non-hydrogen) atoms. The van der Waals surface area contributed by atoms with Crippen molar-refractivity contribution in [2.24, 2.45) is 0 Å². The van der Waals surface area contributed by atoms with Crippen LogP contribution in [0.2, 0.25) is 10.0 Å². The van der Waals surface area contributed by atoms with Crippen LogP contribution in [0.3, 0.4) is 0 Å². The van der Waals surface area contributed by atoms with E-state index >= 15 is 0 Å². The summed E-state index contributed by atoms with van der Waals surface area (Å²) in [6.45, 7) is 10.7. The number of benzene rings is 2. The van der Waals surface area contributed by atoms with Crippen molar-refractivity contribution in [3.63, 3.8) is 0 Å². The third-order valence-corrected chi connectivity index (χ3v) is 6.52. The largest absolute Gasteiger partial charge is 0.349 e. The maximum atomic E-state index is 13.0. The molecular formula is C24H28Cl2N4O. The summed E-state index contributed by atoms with van der Waals surface area (Å²) < 4.78 is 0. The van der Waals surface area contributed by atoms with Gasteiger partial charge in [-0.05, 0) is 77.3 Å². The Hall–Kier alpha value is -2.08. The summed E-state index contributed by atoms with van der Waals surface area (Å²) in [6.07, 6.45) is 1.78. The molecule has 1 aromatic heterocycles. The number of hydrogen-bond acceptors (Lipinski definition) is 3. The lowest BCUT2D eigenvalue weighted by molar-refractivity contribution is 0.0873. The molecule has 7 heteroatoms. The van der Waals surface area contributed by atoms with Crippen molar-refractivity contribution < 1.29 is 4.79 Å². The number of amides is 1. The minimum Gasteiger partial charge on any atom is -0.349 e. The van der Waals surface area contributed by atoms with Crippen LogP contribution >= 0.6 is 23.2 Å². The maximum Gasteiger partial charge on any atom is 0.251 e. The van der Waals surface area contributed by atoms with E-state index in [0.717, 1.165) is 40.8 Å². The maximum absolute atomic E-state index is 13.0. The highest BCUT2D eigenvalue weighted by Gasteiger charge is 2.38. The number of aryl methyl sites for hydroxylation is 1. The topological polar surface area (TPSA) is 69.8 Å². The summed E-state index contributed by atoms with van der Waals surface area (Å²) in [7, 11) is 0. The third-order valence-electron chi connectivity index (χ3n) is 5.79. The molecule has 5 nitrogen and oxygen atoms in total. The zero-order chi connectivity index (χ0) is 22.6. The SMILES string of the molecule is Cc1cc(C(=O)NC2CC(C)(C)NC(C)(C)C2)ccc1-c1nc2cc(Cl)c(Cl)cc2[nH]1. The van der Waals surface area contributed by atoms with Crippen molar-refractivity contribution in [3.8, 4) is 11.4 Å². The Balaban J connectivity index is 1.55. The number of nitrogens with zero attached hydrogens (tertiary/aromatic N) is 1. The average Bonchev–Trinajstić information content (AvgIpc) is 3.01. The van der Waals surface area contributed by atoms with Crippen LogP contribution in [0.1, 0.15) is 56.5 Å². The molecule has 0 saturated carbocycles. The number of fused-ring (bicyclic) bond motifs is 1. The van der Waals surface area contributed by atoms with Crippen LogP contribution < -0.4 is 10.6 Å². The van der Waals surface area contributed by atoms with Gasteiger partial charge in [-0.25, -0.2) is 4.98 Å². The van der Waals surface area contributed by atoms with Gasteiger partial charge in [0.25, 0.3) is 5.91 Å². The lowest BCUT2D eigenvalue weighted by Gasteiger charge is -2.46. The van der Waals surface area contributed by atoms with Gasteiger partial charge in [-0.15, -0.1) is 0 Å². The first kappa shape index (κ1) is 22.1. The first-order valence-electron chi connectivity index (χ1n) is 10.5. The first-order chi connectivity index (χ1) is 14.4. The van der Waals surface area contributed by atoms with E-state index in [4.69, 9.17) is 23.2 Å². The summed E-state index contributed by atoms with van der Waals surface area (Å²) in [4.78, 5) is 20.9. The Morgan fingerprint density at radius 1 is 1.06 bits per heavy atom. The number of nitrogens with one attached hydrogen (secondary N) is 3. The number of piperidine rings is 1. The van der Waals surface area contributed by atoms with Gasteiger partial charge in [-0.2, -0.15) is 0 Å². The Labute approximate surface area is 192 Å². The molecule has 0 bridgehead atoms. The van der Waals surface area contributed by atoms with E-state index in [9.17, 15) is 4.79 Å². The standard InChI is InChI=1S/C24H28Cl2N4O/c1-13-8-14(22(31)27-15-11-23(2,3)30-24(4,5)12-15)6-7-16(13)21-28-19-9-17(25)18(26)10-20(19)29-21/h6-10,15,30H,11-12H2,1-5H3,(H,27,31)(H,28,29). The smallest absolute Gasteiger partial charge is 0.251 e. The van der Waals surface area contributed by atoms with Gasteiger partial charge in [0.05, 0.1) is 21.1 Å². The van der Waals surface area contributed by atoms with Gasteiger partial charge in [0.15, 0.2) is 0 Å². The summed E-state index contributed by atoms with van der Waals surface area (Å²) in [5.41, 5.74) is 4.08. The lowest BCUT2D eigenvalue weighted by atomic mass is 9.79. The van der Waals surface area contributed by atoms with Crippen molar-refractivity contribution in [3.05, 3.63) is 51.5 Å². The Morgan fingerprint density at radius 3 is 2.35 bits per heavy atom. The minimum absolute atomic E-state index is 0.0213. The second kappa shape index (κ2) is 7.80. The van der Waals surface area contributed by atoms with E-state index in [1.165, 1.54) is 0 Å². The van der Waals surface area contributed by atoms with E-state index in [2.05, 4.69) is 48.3 Å². The fraction of sp³-hybridized carbons (Fsp3) is 0.417. The molecule has 3 aromatic rings. The van der Waals surface area contributed by atoms with Crippen molar-refractivity contribution in [2.45, 2.75) is 64.6 Å². The van der Waals surface area contributed by atoms with Gasteiger partial charge >= 0.3 is 0 Å². The highest BCUT2D eigenvalue weighted by atomic mass is 35.5. The molecule has 1 aliphatic heterocycles. The van der Waals surface area contributed by atoms with Gasteiger partial charge < -0.3 is 15.6 Å². The summed E-state index contributed by atoms with van der Waals surface area (Å²) in [5.74, 6) is 0.677. The lowest BCUT2D eigenvalue weighted by Crippen LogP contribution is -2.62. The fourth-order valence-electron chi connectivity index (χ4n) is 4.90. The molecule has 0 unspecified atom stereocenters. The van der Waals surface area contributed by atoms with Crippen molar-refractivity contribution in [1.29, 1.82) is 0 Å². The molecule has 2 heterocycles. The number of rotatable bonds is 3. The predicted octanol–water partition coefficient (Wildman–Crippen LogP) is 5.88. The zero-order valence-electron chi connectivity index (χ0n) is 18.5. The molecule has 0 spiro atoms. The van der Waals surface area contributed by atoms with Crippen molar-refractivity contribution in [1.82, 2.24) is 20.6 Å². The summed E-state index contributed by atoms with van der Waals surface area (Å²) in [6, 6.07) is 9.34. The molecular weight excluding hydrogens is 431 g/mol. The van der Waals surface area contributed by atoms with Crippen molar-refractivity contribution >= 4 is 40.1 Å². The number of carbonyl (C=O) groups is 1. The van der Waals surface area contributed by atoms with Gasteiger partial charge in [0.1, 0.15) is 5.82 Å². The van der Waals surface area contributed by atoms with Crippen LogP contribution in [0.5, 0.6) is 0 Å². The van der Waals surface area contributed by atoms with Crippen LogP contribution in [0, 0.1) is 6.92 Å². The summed E-state index contributed by atoms with van der Waals surface area (Å²) >= 11 is 12.2. The molecule has 164 valence electrons. The molecule has 0 radical (unpaired) electrons. The Kier molecular flexibility index (Phi) is 5.57. The number of carbonyl (C=O) groups excluding carboxylic acids is 1. The molecule has 1 amide bonds.